The Morgan fingerprint density at radius 2 is 2.05 bits per heavy atom. The van der Waals surface area contributed by atoms with Gasteiger partial charge in [0.15, 0.2) is 0 Å². The van der Waals surface area contributed by atoms with Crippen LogP contribution in [0.1, 0.15) is 61.1 Å². The second kappa shape index (κ2) is 6.07. The molecule has 1 amide bonds. The van der Waals surface area contributed by atoms with E-state index in [4.69, 9.17) is 5.11 Å². The Morgan fingerprint density at radius 3 is 2.65 bits per heavy atom. The molecule has 1 heterocycles. The molecule has 6 heteroatoms. The molecule has 20 heavy (non-hydrogen) atoms. The van der Waals surface area contributed by atoms with E-state index in [1.165, 1.54) is 32.4 Å². The molecule has 0 bridgehead atoms. The van der Waals surface area contributed by atoms with Crippen molar-refractivity contribution in [3.8, 4) is 0 Å². The number of rotatable bonds is 4. The number of nitrogens with one attached hydrogen (secondary N) is 1. The zero-order valence-corrected chi connectivity index (χ0v) is 11.9. The standard InChI is InChI=1S/C14H21N3O3/c1-9(14(19)20)16-13(18)12-8-15-17(10(12)2)11-6-4-3-5-7-11/h8-9,11H,3-7H2,1-2H3,(H,16,18)(H,19,20)/t9-/m0/s1. The number of carboxylic acids is 1. The van der Waals surface area contributed by atoms with Crippen molar-refractivity contribution in [1.82, 2.24) is 15.1 Å². The van der Waals surface area contributed by atoms with E-state index in [1.54, 1.807) is 0 Å². The van der Waals surface area contributed by atoms with Gasteiger partial charge < -0.3 is 10.4 Å². The Hall–Kier alpha value is -1.85. The Morgan fingerprint density at radius 1 is 1.40 bits per heavy atom. The normalized spacial score (nSPS) is 17.7. The lowest BCUT2D eigenvalue weighted by atomic mass is 9.95. The van der Waals surface area contributed by atoms with Gasteiger partial charge in [-0.2, -0.15) is 5.10 Å². The maximum absolute atomic E-state index is 12.0. The van der Waals surface area contributed by atoms with Crippen LogP contribution in [0.15, 0.2) is 6.20 Å². The first-order chi connectivity index (χ1) is 9.50. The molecule has 0 unspecified atom stereocenters. The topological polar surface area (TPSA) is 84.2 Å². The van der Waals surface area contributed by atoms with E-state index in [9.17, 15) is 9.59 Å². The largest absolute Gasteiger partial charge is 0.480 e. The first kappa shape index (κ1) is 14.6. The van der Waals surface area contributed by atoms with Crippen molar-refractivity contribution in [1.29, 1.82) is 0 Å². The lowest BCUT2D eigenvalue weighted by Gasteiger charge is -2.23. The number of carbonyl (C=O) groups excluding carboxylic acids is 1. The summed E-state index contributed by atoms with van der Waals surface area (Å²) < 4.78 is 1.92. The molecule has 1 saturated carbocycles. The number of amides is 1. The van der Waals surface area contributed by atoms with Crippen LogP contribution in [0.3, 0.4) is 0 Å². The van der Waals surface area contributed by atoms with Crippen LogP contribution < -0.4 is 5.32 Å². The minimum absolute atomic E-state index is 0.363. The molecule has 0 saturated heterocycles. The van der Waals surface area contributed by atoms with E-state index in [0.717, 1.165) is 18.5 Å². The molecular formula is C14H21N3O3. The van der Waals surface area contributed by atoms with Gasteiger partial charge in [0, 0.05) is 5.69 Å². The number of carbonyl (C=O) groups is 2. The number of hydrogen-bond acceptors (Lipinski definition) is 3. The average molecular weight is 279 g/mol. The SMILES string of the molecule is Cc1c(C(=O)N[C@@H](C)C(=O)O)cnn1C1CCCCC1. The highest BCUT2D eigenvalue weighted by atomic mass is 16.4. The highest BCUT2D eigenvalue weighted by molar-refractivity contribution is 5.97. The molecule has 1 aromatic heterocycles. The van der Waals surface area contributed by atoms with Gasteiger partial charge in [-0.1, -0.05) is 19.3 Å². The Labute approximate surface area is 118 Å². The smallest absolute Gasteiger partial charge is 0.325 e. The third kappa shape index (κ3) is 3.00. The summed E-state index contributed by atoms with van der Waals surface area (Å²) in [4.78, 5) is 22.8. The maximum Gasteiger partial charge on any atom is 0.325 e. The molecule has 1 atom stereocenters. The summed E-state index contributed by atoms with van der Waals surface area (Å²) in [5, 5.41) is 15.6. The third-order valence-corrected chi connectivity index (χ3v) is 3.93. The third-order valence-electron chi connectivity index (χ3n) is 3.93. The van der Waals surface area contributed by atoms with Gasteiger partial charge in [0.1, 0.15) is 6.04 Å². The molecule has 1 aliphatic rings. The van der Waals surface area contributed by atoms with Crippen LogP contribution in [-0.2, 0) is 4.79 Å². The molecule has 2 N–H and O–H groups in total. The molecule has 1 aliphatic carbocycles. The van der Waals surface area contributed by atoms with Crippen molar-refractivity contribution >= 4 is 11.9 Å². The van der Waals surface area contributed by atoms with Crippen LogP contribution in [0.25, 0.3) is 0 Å². The number of nitrogens with zero attached hydrogens (tertiary/aromatic N) is 2. The second-order valence-electron chi connectivity index (χ2n) is 5.41. The van der Waals surface area contributed by atoms with Crippen LogP contribution >= 0.6 is 0 Å². The Bertz CT molecular complexity index is 504. The second-order valence-corrected chi connectivity index (χ2v) is 5.41. The molecule has 2 rings (SSSR count). The summed E-state index contributed by atoms with van der Waals surface area (Å²) in [5.41, 5.74) is 1.27. The van der Waals surface area contributed by atoms with E-state index in [2.05, 4.69) is 10.4 Å². The van der Waals surface area contributed by atoms with Gasteiger partial charge in [0.05, 0.1) is 17.8 Å². The van der Waals surface area contributed by atoms with Crippen LogP contribution in [-0.4, -0.2) is 32.8 Å². The fourth-order valence-electron chi connectivity index (χ4n) is 2.68. The van der Waals surface area contributed by atoms with E-state index in [-0.39, 0.29) is 5.91 Å². The zero-order chi connectivity index (χ0) is 14.7. The Balaban J connectivity index is 2.11. The van der Waals surface area contributed by atoms with Crippen LogP contribution in [0.5, 0.6) is 0 Å². The van der Waals surface area contributed by atoms with Gasteiger partial charge in [-0.15, -0.1) is 0 Å². The summed E-state index contributed by atoms with van der Waals surface area (Å²) in [6.45, 7) is 3.31. The number of carboxylic acid groups (broad SMARTS) is 1. The Kier molecular flexibility index (Phi) is 4.42. The average Bonchev–Trinajstić information content (AvgIpc) is 2.81. The van der Waals surface area contributed by atoms with Crippen molar-refractivity contribution in [2.45, 2.75) is 58.0 Å². The van der Waals surface area contributed by atoms with Crippen molar-refractivity contribution in [2.24, 2.45) is 0 Å². The fourth-order valence-corrected chi connectivity index (χ4v) is 2.68. The minimum atomic E-state index is -1.05. The number of aromatic nitrogens is 2. The maximum atomic E-state index is 12.0. The first-order valence-corrected chi connectivity index (χ1v) is 7.08. The molecule has 0 spiro atoms. The quantitative estimate of drug-likeness (QED) is 0.881. The lowest BCUT2D eigenvalue weighted by Crippen LogP contribution is -2.38. The molecular weight excluding hydrogens is 258 g/mol. The van der Waals surface area contributed by atoms with E-state index < -0.39 is 12.0 Å². The van der Waals surface area contributed by atoms with Gasteiger partial charge in [-0.25, -0.2) is 0 Å². The minimum Gasteiger partial charge on any atom is -0.480 e. The van der Waals surface area contributed by atoms with E-state index in [0.29, 0.717) is 11.6 Å². The van der Waals surface area contributed by atoms with E-state index in [1.807, 2.05) is 11.6 Å². The summed E-state index contributed by atoms with van der Waals surface area (Å²) >= 11 is 0. The van der Waals surface area contributed by atoms with Crippen molar-refractivity contribution in [2.75, 3.05) is 0 Å². The van der Waals surface area contributed by atoms with Gasteiger partial charge in [-0.3, -0.25) is 14.3 Å². The van der Waals surface area contributed by atoms with Crippen molar-refractivity contribution in [3.05, 3.63) is 17.5 Å². The summed E-state index contributed by atoms with van der Waals surface area (Å²) in [6.07, 6.45) is 7.38. The number of hydrogen-bond donors (Lipinski definition) is 2. The van der Waals surface area contributed by atoms with Gasteiger partial charge in [-0.05, 0) is 26.7 Å². The molecule has 1 aromatic rings. The molecule has 1 fully saturated rings. The highest BCUT2D eigenvalue weighted by Crippen LogP contribution is 2.29. The fraction of sp³-hybridized carbons (Fsp3) is 0.643. The predicted octanol–water partition coefficient (Wildman–Crippen LogP) is 1.90. The van der Waals surface area contributed by atoms with Gasteiger partial charge >= 0.3 is 5.97 Å². The monoisotopic (exact) mass is 279 g/mol. The van der Waals surface area contributed by atoms with Gasteiger partial charge in [0.25, 0.3) is 5.91 Å². The van der Waals surface area contributed by atoms with Crippen LogP contribution in [0.2, 0.25) is 0 Å². The summed E-state index contributed by atoms with van der Waals surface area (Å²) in [6, 6.07) is -0.540. The van der Waals surface area contributed by atoms with Crippen LogP contribution in [0.4, 0.5) is 0 Å². The zero-order valence-electron chi connectivity index (χ0n) is 11.9. The molecule has 0 radical (unpaired) electrons. The lowest BCUT2D eigenvalue weighted by molar-refractivity contribution is -0.138. The van der Waals surface area contributed by atoms with Gasteiger partial charge in [0.2, 0.25) is 0 Å². The first-order valence-electron chi connectivity index (χ1n) is 7.08. The number of aliphatic carboxylic acids is 1. The highest BCUT2D eigenvalue weighted by Gasteiger charge is 2.23. The van der Waals surface area contributed by atoms with E-state index >= 15 is 0 Å². The molecule has 6 nitrogen and oxygen atoms in total. The molecule has 0 aliphatic heterocycles. The van der Waals surface area contributed by atoms with Crippen molar-refractivity contribution in [3.63, 3.8) is 0 Å². The summed E-state index contributed by atoms with van der Waals surface area (Å²) in [7, 11) is 0. The van der Waals surface area contributed by atoms with Crippen molar-refractivity contribution < 1.29 is 14.7 Å². The predicted molar refractivity (Wildman–Crippen MR) is 73.7 cm³/mol. The van der Waals surface area contributed by atoms with Crippen LogP contribution in [0, 0.1) is 6.92 Å². The molecule has 110 valence electrons. The molecule has 0 aromatic carbocycles. The summed E-state index contributed by atoms with van der Waals surface area (Å²) in [5.74, 6) is -1.42.